The first-order valence-corrected chi connectivity index (χ1v) is 6.19. The smallest absolute Gasteiger partial charge is 0.127 e. The largest absolute Gasteiger partial charge is 0.392 e. The minimum atomic E-state index is -0.391. The lowest BCUT2D eigenvalue weighted by Crippen LogP contribution is -2.27. The fraction of sp³-hybridized carbons (Fsp3) is 0.538. The topological polar surface area (TPSA) is 32.3 Å². The predicted molar refractivity (Wildman–Crippen MR) is 68.6 cm³/mol. The van der Waals surface area contributed by atoms with Crippen LogP contribution < -0.4 is 5.32 Å². The maximum Gasteiger partial charge on any atom is 0.127 e. The molecule has 2 nitrogen and oxygen atoms in total. The maximum absolute atomic E-state index is 13.3. The number of aliphatic hydroxyl groups is 1. The number of aliphatic hydroxyl groups excluding tert-OH is 1. The molecule has 0 bridgehead atoms. The third kappa shape index (κ3) is 5.48. The number of hydrogen-bond acceptors (Lipinski definition) is 2. The van der Waals surface area contributed by atoms with Gasteiger partial charge in [0.05, 0.1) is 6.10 Å². The highest BCUT2D eigenvalue weighted by Crippen LogP contribution is 2.14. The summed E-state index contributed by atoms with van der Waals surface area (Å²) in [5.41, 5.74) is 0.522. The number of benzene rings is 1. The quantitative estimate of drug-likeness (QED) is 0.823. The van der Waals surface area contributed by atoms with Crippen molar-refractivity contribution in [3.63, 3.8) is 0 Å². The van der Waals surface area contributed by atoms with Crippen LogP contribution >= 0.6 is 11.6 Å². The van der Waals surface area contributed by atoms with Crippen molar-refractivity contribution in [2.45, 2.75) is 32.9 Å². The molecule has 0 fully saturated rings. The Labute approximate surface area is 107 Å². The Balaban J connectivity index is 2.38. The zero-order valence-electron chi connectivity index (χ0n) is 10.2. The van der Waals surface area contributed by atoms with E-state index in [2.05, 4.69) is 19.2 Å². The molecule has 0 aliphatic carbocycles. The van der Waals surface area contributed by atoms with Crippen LogP contribution in [-0.2, 0) is 6.54 Å². The molecule has 0 saturated heterocycles. The van der Waals surface area contributed by atoms with Crippen molar-refractivity contribution in [1.29, 1.82) is 0 Å². The molecule has 1 aromatic rings. The van der Waals surface area contributed by atoms with Gasteiger partial charge in [0.1, 0.15) is 5.82 Å². The van der Waals surface area contributed by atoms with Crippen molar-refractivity contribution >= 4 is 11.6 Å². The molecule has 0 radical (unpaired) electrons. The first-order chi connectivity index (χ1) is 7.99. The van der Waals surface area contributed by atoms with Crippen molar-refractivity contribution in [2.24, 2.45) is 5.92 Å². The van der Waals surface area contributed by atoms with Gasteiger partial charge in [-0.25, -0.2) is 4.39 Å². The average Bonchev–Trinajstić information content (AvgIpc) is 2.22. The molecule has 96 valence electrons. The molecule has 2 N–H and O–H groups in total. The summed E-state index contributed by atoms with van der Waals surface area (Å²) < 4.78 is 13.3. The van der Waals surface area contributed by atoms with Crippen molar-refractivity contribution in [1.82, 2.24) is 5.32 Å². The highest BCUT2D eigenvalue weighted by atomic mass is 35.5. The average molecular weight is 260 g/mol. The van der Waals surface area contributed by atoms with E-state index in [1.807, 2.05) is 0 Å². The summed E-state index contributed by atoms with van der Waals surface area (Å²) in [4.78, 5) is 0. The SMILES string of the molecule is CC(C)CC(O)CNCc1cc(Cl)ccc1F. The van der Waals surface area contributed by atoms with Crippen LogP contribution in [0.5, 0.6) is 0 Å². The van der Waals surface area contributed by atoms with Crippen LogP contribution in [0.25, 0.3) is 0 Å². The fourth-order valence-electron chi connectivity index (χ4n) is 1.68. The molecule has 1 unspecified atom stereocenters. The van der Waals surface area contributed by atoms with Crippen LogP contribution in [0.4, 0.5) is 4.39 Å². The summed E-state index contributed by atoms with van der Waals surface area (Å²) in [6.07, 6.45) is 0.350. The molecule has 4 heteroatoms. The Hall–Kier alpha value is -0.640. The molecule has 1 aromatic carbocycles. The van der Waals surface area contributed by atoms with Crippen molar-refractivity contribution < 1.29 is 9.50 Å². The summed E-state index contributed by atoms with van der Waals surface area (Å²) >= 11 is 5.78. The lowest BCUT2D eigenvalue weighted by atomic mass is 10.1. The van der Waals surface area contributed by atoms with E-state index in [0.29, 0.717) is 29.6 Å². The van der Waals surface area contributed by atoms with Crippen LogP contribution in [0.15, 0.2) is 18.2 Å². The normalized spacial score (nSPS) is 13.1. The van der Waals surface area contributed by atoms with E-state index in [9.17, 15) is 9.50 Å². The molecule has 0 aromatic heterocycles. The summed E-state index contributed by atoms with van der Waals surface area (Å²) in [6, 6.07) is 4.47. The molecule has 1 rings (SSSR count). The van der Waals surface area contributed by atoms with Crippen LogP contribution in [0.2, 0.25) is 5.02 Å². The van der Waals surface area contributed by atoms with Gasteiger partial charge in [0.25, 0.3) is 0 Å². The molecular weight excluding hydrogens is 241 g/mol. The van der Waals surface area contributed by atoms with Gasteiger partial charge in [0, 0.05) is 23.7 Å². The van der Waals surface area contributed by atoms with Gasteiger partial charge in [-0.1, -0.05) is 25.4 Å². The summed E-state index contributed by atoms with van der Waals surface area (Å²) in [5.74, 6) is 0.176. The molecule has 17 heavy (non-hydrogen) atoms. The molecule has 0 heterocycles. The monoisotopic (exact) mass is 259 g/mol. The molecule has 0 aliphatic rings. The predicted octanol–water partition coefficient (Wildman–Crippen LogP) is 2.98. The zero-order chi connectivity index (χ0) is 12.8. The van der Waals surface area contributed by atoms with Gasteiger partial charge in [-0.2, -0.15) is 0 Å². The second kappa shape index (κ2) is 6.94. The van der Waals surface area contributed by atoms with Crippen LogP contribution in [0.1, 0.15) is 25.8 Å². The van der Waals surface area contributed by atoms with Crippen molar-refractivity contribution in [3.05, 3.63) is 34.6 Å². The van der Waals surface area contributed by atoms with Crippen LogP contribution in [-0.4, -0.2) is 17.8 Å². The fourth-order valence-corrected chi connectivity index (χ4v) is 1.87. The number of hydrogen-bond donors (Lipinski definition) is 2. The number of nitrogens with one attached hydrogen (secondary N) is 1. The zero-order valence-corrected chi connectivity index (χ0v) is 11.0. The Morgan fingerprint density at radius 1 is 1.41 bits per heavy atom. The highest BCUT2D eigenvalue weighted by Gasteiger charge is 2.07. The standard InChI is InChI=1S/C13H19ClFNO/c1-9(2)5-12(17)8-16-7-10-6-11(14)3-4-13(10)15/h3-4,6,9,12,16-17H,5,7-8H2,1-2H3. The van der Waals surface area contributed by atoms with Crippen molar-refractivity contribution in [2.75, 3.05) is 6.54 Å². The second-order valence-corrected chi connectivity index (χ2v) is 5.09. The first kappa shape index (κ1) is 14.4. The van der Waals surface area contributed by atoms with Crippen molar-refractivity contribution in [3.8, 4) is 0 Å². The van der Waals surface area contributed by atoms with E-state index in [1.165, 1.54) is 12.1 Å². The summed E-state index contributed by atoms with van der Waals surface area (Å²) in [7, 11) is 0. The minimum absolute atomic E-state index is 0.278. The van der Waals surface area contributed by atoms with Gasteiger partial charge in [-0.3, -0.25) is 0 Å². The van der Waals surface area contributed by atoms with Gasteiger partial charge in [-0.05, 0) is 30.5 Å². The van der Waals surface area contributed by atoms with Crippen LogP contribution in [0.3, 0.4) is 0 Å². The van der Waals surface area contributed by atoms with Gasteiger partial charge in [-0.15, -0.1) is 0 Å². The maximum atomic E-state index is 13.3. The first-order valence-electron chi connectivity index (χ1n) is 5.81. The molecule has 0 aliphatic heterocycles. The molecular formula is C13H19ClFNO. The van der Waals surface area contributed by atoms with E-state index in [-0.39, 0.29) is 5.82 Å². The van der Waals surface area contributed by atoms with E-state index >= 15 is 0 Å². The second-order valence-electron chi connectivity index (χ2n) is 4.65. The number of rotatable bonds is 6. The Morgan fingerprint density at radius 3 is 2.76 bits per heavy atom. The van der Waals surface area contributed by atoms with Gasteiger partial charge in [0.15, 0.2) is 0 Å². The lowest BCUT2D eigenvalue weighted by Gasteiger charge is -2.14. The van der Waals surface area contributed by atoms with E-state index in [4.69, 9.17) is 11.6 Å². The van der Waals surface area contributed by atoms with Gasteiger partial charge < -0.3 is 10.4 Å². The van der Waals surface area contributed by atoms with Crippen LogP contribution in [0, 0.1) is 11.7 Å². The molecule has 0 spiro atoms. The van der Waals surface area contributed by atoms with E-state index < -0.39 is 6.10 Å². The third-order valence-electron chi connectivity index (χ3n) is 2.45. The van der Waals surface area contributed by atoms with Gasteiger partial charge >= 0.3 is 0 Å². The molecule has 0 amide bonds. The molecule has 1 atom stereocenters. The van der Waals surface area contributed by atoms with E-state index in [1.54, 1.807) is 6.07 Å². The third-order valence-corrected chi connectivity index (χ3v) is 2.68. The highest BCUT2D eigenvalue weighted by molar-refractivity contribution is 6.30. The summed E-state index contributed by atoms with van der Waals surface area (Å²) in [6.45, 7) is 4.95. The lowest BCUT2D eigenvalue weighted by molar-refractivity contribution is 0.146. The van der Waals surface area contributed by atoms with Gasteiger partial charge in [0.2, 0.25) is 0 Å². The van der Waals surface area contributed by atoms with E-state index in [0.717, 1.165) is 6.42 Å². The Kier molecular flexibility index (Phi) is 5.89. The molecule has 0 saturated carbocycles. The number of halogens is 2. The summed E-state index contributed by atoms with van der Waals surface area (Å²) in [5, 5.41) is 13.2. The minimum Gasteiger partial charge on any atom is -0.392 e. The Bertz CT molecular complexity index is 357. The Morgan fingerprint density at radius 2 is 2.12 bits per heavy atom.